The van der Waals surface area contributed by atoms with Crippen LogP contribution in [0.15, 0.2) is 11.0 Å². The van der Waals surface area contributed by atoms with Gasteiger partial charge in [-0.3, -0.25) is 0 Å². The summed E-state index contributed by atoms with van der Waals surface area (Å²) in [5, 5.41) is 0. The smallest absolute Gasteiger partial charge is 0.433 e. The molecule has 0 aromatic carbocycles. The minimum absolute atomic E-state index is 0.0745. The van der Waals surface area contributed by atoms with Crippen molar-refractivity contribution in [3.63, 3.8) is 0 Å². The molecule has 2 fully saturated rings. The van der Waals surface area contributed by atoms with Gasteiger partial charge in [0, 0.05) is 36.5 Å². The zero-order valence-electron chi connectivity index (χ0n) is 16.1. The van der Waals surface area contributed by atoms with Gasteiger partial charge >= 0.3 is 12.3 Å². The minimum Gasteiger partial charge on any atom is -0.444 e. The lowest BCUT2D eigenvalue weighted by molar-refractivity contribution is -0.141. The molecule has 1 spiro atoms. The Labute approximate surface area is 161 Å². The molecule has 1 aromatic heterocycles. The highest BCUT2D eigenvalue weighted by molar-refractivity contribution is 7.97. The molecular weight excluding hydrogens is 379 g/mol. The van der Waals surface area contributed by atoms with Crippen LogP contribution in [0.3, 0.4) is 0 Å². The first-order valence-electron chi connectivity index (χ1n) is 8.74. The lowest BCUT2D eigenvalue weighted by atomic mass is 9.75. The van der Waals surface area contributed by atoms with Gasteiger partial charge in [-0.1, -0.05) is 0 Å². The Balaban J connectivity index is 1.54. The van der Waals surface area contributed by atoms with Gasteiger partial charge < -0.3 is 9.64 Å². The third-order valence-corrected chi connectivity index (χ3v) is 5.88. The summed E-state index contributed by atoms with van der Waals surface area (Å²) in [5.41, 5.74) is -0.326. The normalized spacial score (nSPS) is 19.6. The first-order chi connectivity index (χ1) is 12.3. The van der Waals surface area contributed by atoms with Gasteiger partial charge in [0.05, 0.1) is 5.69 Å². The lowest BCUT2D eigenvalue weighted by Gasteiger charge is -2.59. The van der Waals surface area contributed by atoms with E-state index in [0.29, 0.717) is 24.3 Å². The van der Waals surface area contributed by atoms with Gasteiger partial charge in [-0.25, -0.2) is 14.1 Å². The van der Waals surface area contributed by atoms with Crippen LogP contribution in [-0.4, -0.2) is 52.1 Å². The minimum atomic E-state index is -4.43. The third kappa shape index (κ3) is 4.34. The fourth-order valence-corrected chi connectivity index (χ4v) is 4.73. The Morgan fingerprint density at radius 2 is 1.78 bits per heavy atom. The van der Waals surface area contributed by atoms with Gasteiger partial charge in [0.1, 0.15) is 11.3 Å². The average Bonchev–Trinajstić information content (AvgIpc) is 2.38. The van der Waals surface area contributed by atoms with Crippen molar-refractivity contribution >= 4 is 18.0 Å². The summed E-state index contributed by atoms with van der Waals surface area (Å²) in [6, 6.07) is 1.10. The number of amides is 1. The number of rotatable bonds is 2. The number of hydrogen-bond donors (Lipinski definition) is 0. The number of nitrogens with zero attached hydrogens (tertiary/aromatic N) is 3. The van der Waals surface area contributed by atoms with Crippen LogP contribution in [0.25, 0.3) is 0 Å². The van der Waals surface area contributed by atoms with Crippen LogP contribution < -0.4 is 0 Å². The summed E-state index contributed by atoms with van der Waals surface area (Å²) in [6.07, 6.45) is -4.73. The van der Waals surface area contributed by atoms with E-state index in [2.05, 4.69) is 9.29 Å². The maximum atomic E-state index is 12.9. The molecule has 9 heteroatoms. The molecule has 3 rings (SSSR count). The molecule has 0 bridgehead atoms. The molecular formula is C18H24F3N3O2S. The average molecular weight is 403 g/mol. The topological polar surface area (TPSA) is 45.7 Å². The second-order valence-electron chi connectivity index (χ2n) is 8.46. The molecule has 0 saturated carbocycles. The fraction of sp³-hybridized carbons (Fsp3) is 0.667. The van der Waals surface area contributed by atoms with E-state index in [1.807, 2.05) is 20.8 Å². The van der Waals surface area contributed by atoms with Gasteiger partial charge in [-0.05, 0) is 58.2 Å². The Morgan fingerprint density at radius 3 is 2.26 bits per heavy atom. The summed E-state index contributed by atoms with van der Waals surface area (Å²) >= 11 is 1.44. The van der Waals surface area contributed by atoms with Crippen molar-refractivity contribution in [3.8, 4) is 0 Å². The predicted octanol–water partition coefficient (Wildman–Crippen LogP) is 4.28. The van der Waals surface area contributed by atoms with Crippen molar-refractivity contribution in [2.45, 2.75) is 51.3 Å². The summed E-state index contributed by atoms with van der Waals surface area (Å²) in [6.45, 7) is 11.7. The second kappa shape index (κ2) is 6.55. The molecule has 0 radical (unpaired) electrons. The number of ether oxygens (including phenoxy) is 1. The fourth-order valence-electron chi connectivity index (χ4n) is 3.42. The molecule has 0 N–H and O–H groups in total. The number of aryl methyl sites for hydroxylation is 2. The predicted molar refractivity (Wildman–Crippen MR) is 96.4 cm³/mol. The Hall–Kier alpha value is -1.48. The number of hydrogen-bond acceptors (Lipinski definition) is 5. The quantitative estimate of drug-likeness (QED) is 0.690. The van der Waals surface area contributed by atoms with Gasteiger partial charge in [-0.2, -0.15) is 13.2 Å². The van der Waals surface area contributed by atoms with E-state index in [1.54, 1.807) is 18.7 Å². The maximum Gasteiger partial charge on any atom is 0.433 e. The lowest BCUT2D eigenvalue weighted by Crippen LogP contribution is -2.71. The molecule has 27 heavy (non-hydrogen) atoms. The van der Waals surface area contributed by atoms with E-state index in [9.17, 15) is 18.0 Å². The largest absolute Gasteiger partial charge is 0.444 e. The highest BCUT2D eigenvalue weighted by Gasteiger charge is 2.54. The van der Waals surface area contributed by atoms with Crippen LogP contribution >= 0.6 is 11.9 Å². The number of aromatic nitrogens is 1. The Morgan fingerprint density at radius 1 is 1.19 bits per heavy atom. The molecule has 0 aliphatic carbocycles. The van der Waals surface area contributed by atoms with Gasteiger partial charge in [0.25, 0.3) is 0 Å². The van der Waals surface area contributed by atoms with E-state index in [0.717, 1.165) is 24.1 Å². The molecule has 2 saturated heterocycles. The molecule has 3 heterocycles. The summed E-state index contributed by atoms with van der Waals surface area (Å²) in [4.78, 5) is 18.2. The van der Waals surface area contributed by atoms with Gasteiger partial charge in [0.2, 0.25) is 0 Å². The monoisotopic (exact) mass is 403 g/mol. The van der Waals surface area contributed by atoms with Crippen LogP contribution in [0.5, 0.6) is 0 Å². The standard InChI is InChI=1S/C18H24F3N3O2S/c1-11-6-13(18(19,20)21)22-12(2)14(11)27-24-9-17(10-24)7-23(8-17)15(25)26-16(3,4)5/h6H,7-10H2,1-5H3. The van der Waals surface area contributed by atoms with Crippen LogP contribution in [0, 0.1) is 19.3 Å². The Bertz CT molecular complexity index is 724. The molecule has 2 aliphatic heterocycles. The highest BCUT2D eigenvalue weighted by atomic mass is 32.2. The van der Waals surface area contributed by atoms with E-state index in [4.69, 9.17) is 4.74 Å². The first-order valence-corrected chi connectivity index (χ1v) is 9.52. The number of carbonyl (C=O) groups excluding carboxylic acids is 1. The van der Waals surface area contributed by atoms with Crippen molar-refractivity contribution < 1.29 is 22.7 Å². The van der Waals surface area contributed by atoms with Gasteiger partial charge in [-0.15, -0.1) is 0 Å². The third-order valence-electron chi connectivity index (χ3n) is 4.57. The van der Waals surface area contributed by atoms with Crippen molar-refractivity contribution in [3.05, 3.63) is 23.0 Å². The van der Waals surface area contributed by atoms with Crippen molar-refractivity contribution in [2.75, 3.05) is 26.2 Å². The number of alkyl halides is 3. The SMILES string of the molecule is Cc1cc(C(F)(F)F)nc(C)c1SN1CC2(C1)CN(C(=O)OC(C)(C)C)C2. The number of likely N-dealkylation sites (tertiary alicyclic amines) is 1. The van der Waals surface area contributed by atoms with Crippen LogP contribution in [0.1, 0.15) is 37.7 Å². The molecule has 0 unspecified atom stereocenters. The van der Waals surface area contributed by atoms with Crippen molar-refractivity contribution in [1.29, 1.82) is 0 Å². The molecule has 1 aromatic rings. The van der Waals surface area contributed by atoms with Gasteiger partial charge in [0.15, 0.2) is 0 Å². The number of halogens is 3. The molecule has 0 atom stereocenters. The molecule has 150 valence electrons. The number of carbonyl (C=O) groups is 1. The van der Waals surface area contributed by atoms with E-state index in [-0.39, 0.29) is 11.5 Å². The molecule has 5 nitrogen and oxygen atoms in total. The summed E-state index contributed by atoms with van der Waals surface area (Å²) < 4.78 is 46.0. The van der Waals surface area contributed by atoms with Crippen molar-refractivity contribution in [1.82, 2.24) is 14.2 Å². The van der Waals surface area contributed by atoms with Crippen LogP contribution in [0.4, 0.5) is 18.0 Å². The molecule has 1 amide bonds. The van der Waals surface area contributed by atoms with E-state index in [1.165, 1.54) is 11.9 Å². The van der Waals surface area contributed by atoms with Crippen LogP contribution in [0.2, 0.25) is 0 Å². The van der Waals surface area contributed by atoms with Crippen LogP contribution in [-0.2, 0) is 10.9 Å². The first kappa shape index (κ1) is 20.3. The molecule has 2 aliphatic rings. The Kier molecular flexibility index (Phi) is 4.91. The highest BCUT2D eigenvalue weighted by Crippen LogP contribution is 2.46. The zero-order chi connectivity index (χ0) is 20.2. The maximum absolute atomic E-state index is 12.9. The van der Waals surface area contributed by atoms with Crippen molar-refractivity contribution in [2.24, 2.45) is 5.41 Å². The number of pyridine rings is 1. The second-order valence-corrected chi connectivity index (χ2v) is 9.57. The van der Waals surface area contributed by atoms with E-state index >= 15 is 0 Å². The van der Waals surface area contributed by atoms with E-state index < -0.39 is 17.5 Å². The summed E-state index contributed by atoms with van der Waals surface area (Å²) in [5.74, 6) is 0. The zero-order valence-corrected chi connectivity index (χ0v) is 16.9. The summed E-state index contributed by atoms with van der Waals surface area (Å²) in [7, 11) is 0.